The van der Waals surface area contributed by atoms with Crippen LogP contribution in [0, 0.1) is 0 Å². The van der Waals surface area contributed by atoms with Crippen LogP contribution in [0.2, 0.25) is 0 Å². The summed E-state index contributed by atoms with van der Waals surface area (Å²) in [7, 11) is 0. The van der Waals surface area contributed by atoms with Gasteiger partial charge in [0.2, 0.25) is 0 Å². The topological polar surface area (TPSA) is 77.3 Å². The second kappa shape index (κ2) is 17.3. The van der Waals surface area contributed by atoms with Crippen molar-refractivity contribution in [2.24, 2.45) is 0 Å². The van der Waals surface area contributed by atoms with Crippen molar-refractivity contribution in [1.82, 2.24) is 29.9 Å². The van der Waals surface area contributed by atoms with E-state index in [9.17, 15) is 0 Å². The van der Waals surface area contributed by atoms with E-state index < -0.39 is 0 Å². The van der Waals surface area contributed by atoms with Gasteiger partial charge < -0.3 is 12.4 Å². The number of pyridine rings is 6. The molecule has 6 nitrogen and oxygen atoms in total. The summed E-state index contributed by atoms with van der Waals surface area (Å²) < 4.78 is 0. The molecule has 8 heteroatoms. The van der Waals surface area contributed by atoms with Crippen LogP contribution in [0.25, 0.3) is 34.2 Å². The Hall–Kier alpha value is -4.19. The molecule has 0 fully saturated rings. The van der Waals surface area contributed by atoms with Gasteiger partial charge in [-0.15, -0.1) is 0 Å². The molecule has 0 saturated carbocycles. The van der Waals surface area contributed by atoms with E-state index in [2.05, 4.69) is 29.9 Å². The third-order valence-corrected chi connectivity index (χ3v) is 4.78. The Labute approximate surface area is 241 Å². The van der Waals surface area contributed by atoms with Gasteiger partial charge in [0.25, 0.3) is 0 Å². The van der Waals surface area contributed by atoms with Gasteiger partial charge in [-0.2, -0.15) is 0 Å². The molecular weight excluding hydrogens is 581 g/mol. The smallest absolute Gasteiger partial charge is 1.00 e. The first-order valence-electron chi connectivity index (χ1n) is 11.4. The molecule has 0 spiro atoms. The van der Waals surface area contributed by atoms with Crippen molar-refractivity contribution in [2.75, 3.05) is 0 Å². The summed E-state index contributed by atoms with van der Waals surface area (Å²) in [6, 6.07) is 34.8. The van der Waals surface area contributed by atoms with E-state index in [4.69, 9.17) is 0 Å². The quantitative estimate of drug-likeness (QED) is 0.288. The zero-order chi connectivity index (χ0) is 24.7. The number of hydrogen-bond donors (Lipinski definition) is 0. The van der Waals surface area contributed by atoms with Gasteiger partial charge in [-0.1, -0.05) is 36.4 Å². The Morgan fingerprint density at radius 1 is 0.263 bits per heavy atom. The number of aromatic nitrogens is 6. The van der Waals surface area contributed by atoms with Crippen LogP contribution in [-0.4, -0.2) is 29.9 Å². The van der Waals surface area contributed by atoms with Crippen molar-refractivity contribution >= 4 is 0 Å². The van der Waals surface area contributed by atoms with E-state index in [1.54, 1.807) is 37.2 Å². The Bertz CT molecular complexity index is 1110. The fraction of sp³-hybridized carbons (Fsp3) is 0. The van der Waals surface area contributed by atoms with E-state index in [1.807, 2.05) is 109 Å². The van der Waals surface area contributed by atoms with Crippen LogP contribution in [-0.2, 0) is 19.5 Å². The molecule has 0 N–H and O–H groups in total. The summed E-state index contributed by atoms with van der Waals surface area (Å²) in [5.41, 5.74) is 5.49. The van der Waals surface area contributed by atoms with E-state index in [0.29, 0.717) is 0 Å². The first-order valence-corrected chi connectivity index (χ1v) is 11.4. The molecule has 6 aromatic rings. The van der Waals surface area contributed by atoms with Gasteiger partial charge in [0, 0.05) is 37.2 Å². The zero-order valence-corrected chi connectivity index (χ0v) is 22.8. The molecule has 0 aliphatic carbocycles. The zero-order valence-electron chi connectivity index (χ0n) is 20.3. The summed E-state index contributed by atoms with van der Waals surface area (Å²) in [5.74, 6) is 0. The average Bonchev–Trinajstić information content (AvgIpc) is 3.01. The fourth-order valence-corrected chi connectivity index (χ4v) is 3.09. The van der Waals surface area contributed by atoms with E-state index in [1.165, 1.54) is 0 Å². The SMILES string of the molecule is [Cl-].[Ru+3].c1ccc(-c2ccccn2)nc1.c1ccc(-c2ccccn2)nc1.c1ccc(-c2ccccn2)nc1. The summed E-state index contributed by atoms with van der Waals surface area (Å²) in [5, 5.41) is 0. The van der Waals surface area contributed by atoms with Crippen molar-refractivity contribution in [2.45, 2.75) is 0 Å². The molecule has 0 atom stereocenters. The van der Waals surface area contributed by atoms with Crippen molar-refractivity contribution in [3.8, 4) is 34.2 Å². The molecule has 0 saturated heterocycles. The van der Waals surface area contributed by atoms with Crippen LogP contribution in [0.1, 0.15) is 0 Å². The Balaban J connectivity index is 0.000000195. The molecule has 0 aliphatic rings. The fourth-order valence-electron chi connectivity index (χ4n) is 3.09. The predicted octanol–water partition coefficient (Wildman–Crippen LogP) is 3.43. The molecule has 0 amide bonds. The van der Waals surface area contributed by atoms with Gasteiger partial charge in [-0.3, -0.25) is 29.9 Å². The van der Waals surface area contributed by atoms with Crippen LogP contribution in [0.3, 0.4) is 0 Å². The van der Waals surface area contributed by atoms with Crippen LogP contribution in [0.15, 0.2) is 146 Å². The molecule has 187 valence electrons. The number of rotatable bonds is 3. The standard InChI is InChI=1S/3C10H8N2.ClH.Ru/c3*1-3-7-11-9(5-1)10-6-2-4-8-12-10;;/h3*1-8H;1H;/q;;;;+3/p-1. The summed E-state index contributed by atoms with van der Waals surface area (Å²) >= 11 is 0. The first kappa shape index (κ1) is 30.0. The van der Waals surface area contributed by atoms with Crippen LogP contribution in [0.5, 0.6) is 0 Å². The summed E-state index contributed by atoms with van der Waals surface area (Å²) in [6.07, 6.45) is 10.6. The molecule has 6 rings (SSSR count). The minimum absolute atomic E-state index is 0. The number of hydrogen-bond acceptors (Lipinski definition) is 6. The minimum Gasteiger partial charge on any atom is -1.00 e. The molecule has 6 aromatic heterocycles. The van der Waals surface area contributed by atoms with Crippen molar-refractivity contribution < 1.29 is 31.9 Å². The number of nitrogens with zero attached hydrogens (tertiary/aromatic N) is 6. The maximum Gasteiger partial charge on any atom is 3.00 e. The molecule has 0 bridgehead atoms. The Morgan fingerprint density at radius 2 is 0.421 bits per heavy atom. The number of halogens is 1. The second-order valence-corrected chi connectivity index (χ2v) is 7.29. The second-order valence-electron chi connectivity index (χ2n) is 7.29. The van der Waals surface area contributed by atoms with E-state index >= 15 is 0 Å². The van der Waals surface area contributed by atoms with Gasteiger partial charge >= 0.3 is 19.5 Å². The van der Waals surface area contributed by atoms with Gasteiger partial charge in [0.1, 0.15) is 0 Å². The Kier molecular flexibility index (Phi) is 13.7. The average molecular weight is 605 g/mol. The normalized spacial score (nSPS) is 9.16. The summed E-state index contributed by atoms with van der Waals surface area (Å²) in [6.45, 7) is 0. The molecule has 1 radical (unpaired) electrons. The van der Waals surface area contributed by atoms with Crippen LogP contribution >= 0.6 is 0 Å². The van der Waals surface area contributed by atoms with Crippen LogP contribution in [0.4, 0.5) is 0 Å². The predicted molar refractivity (Wildman–Crippen MR) is 142 cm³/mol. The van der Waals surface area contributed by atoms with Crippen molar-refractivity contribution in [3.05, 3.63) is 146 Å². The third-order valence-electron chi connectivity index (χ3n) is 4.78. The molecule has 6 heterocycles. The molecule has 0 aromatic carbocycles. The van der Waals surface area contributed by atoms with Gasteiger partial charge in [-0.25, -0.2) is 0 Å². The largest absolute Gasteiger partial charge is 3.00 e. The van der Waals surface area contributed by atoms with Gasteiger partial charge in [-0.05, 0) is 72.8 Å². The van der Waals surface area contributed by atoms with Gasteiger partial charge in [0.15, 0.2) is 0 Å². The van der Waals surface area contributed by atoms with Gasteiger partial charge in [0.05, 0.1) is 34.2 Å². The maximum atomic E-state index is 4.19. The first-order chi connectivity index (χ1) is 17.9. The van der Waals surface area contributed by atoms with E-state index in [-0.39, 0.29) is 31.9 Å². The molecule has 0 unspecified atom stereocenters. The summed E-state index contributed by atoms with van der Waals surface area (Å²) in [4.78, 5) is 25.1. The molecule has 38 heavy (non-hydrogen) atoms. The van der Waals surface area contributed by atoms with Crippen molar-refractivity contribution in [1.29, 1.82) is 0 Å². The Morgan fingerprint density at radius 3 is 0.526 bits per heavy atom. The van der Waals surface area contributed by atoms with Crippen LogP contribution < -0.4 is 12.4 Å². The van der Waals surface area contributed by atoms with E-state index in [0.717, 1.165) is 34.2 Å². The monoisotopic (exact) mass is 605 g/mol. The molecule has 0 aliphatic heterocycles. The molecular formula is C30H24ClN6Ru+2. The maximum absolute atomic E-state index is 4.19. The van der Waals surface area contributed by atoms with Crippen molar-refractivity contribution in [3.63, 3.8) is 0 Å². The minimum atomic E-state index is 0. The third kappa shape index (κ3) is 9.70.